The molecule has 1 saturated heterocycles. The van der Waals surface area contributed by atoms with Crippen LogP contribution in [0, 0.1) is 0 Å². The Hall–Kier alpha value is -3.41. The van der Waals surface area contributed by atoms with Crippen LogP contribution in [0.15, 0.2) is 58.7 Å². The largest absolute Gasteiger partial charge is 0.488 e. The maximum atomic E-state index is 11.7. The molecule has 0 saturated carbocycles. The van der Waals surface area contributed by atoms with Gasteiger partial charge in [0.25, 0.3) is 0 Å². The first-order valence-corrected chi connectivity index (χ1v) is 13.0. The molecule has 11 heteroatoms. The number of aliphatic hydroxyl groups excluding tert-OH is 1. The van der Waals surface area contributed by atoms with E-state index in [-0.39, 0.29) is 23.8 Å². The summed E-state index contributed by atoms with van der Waals surface area (Å²) in [6.45, 7) is 1.45. The third-order valence-corrected chi connectivity index (χ3v) is 6.55. The number of rotatable bonds is 8. The second kappa shape index (κ2) is 9.68. The van der Waals surface area contributed by atoms with E-state index in [2.05, 4.69) is 15.0 Å². The lowest BCUT2D eigenvalue weighted by Gasteiger charge is -2.15. The summed E-state index contributed by atoms with van der Waals surface area (Å²) >= 11 is 0. The Morgan fingerprint density at radius 2 is 1.91 bits per heavy atom. The van der Waals surface area contributed by atoms with E-state index in [4.69, 9.17) is 18.9 Å². The summed E-state index contributed by atoms with van der Waals surface area (Å²) in [5.74, 6) is 1.95. The number of nitrogens with zero attached hydrogens (tertiary/aromatic N) is 2. The van der Waals surface area contributed by atoms with Gasteiger partial charge in [-0.2, -0.15) is 0 Å². The van der Waals surface area contributed by atoms with Crippen molar-refractivity contribution < 1.29 is 32.5 Å². The molecule has 0 bridgehead atoms. The first-order valence-electron chi connectivity index (χ1n) is 11.1. The maximum absolute atomic E-state index is 11.7. The van der Waals surface area contributed by atoms with Gasteiger partial charge in [-0.05, 0) is 36.4 Å². The normalized spacial score (nSPS) is 19.9. The van der Waals surface area contributed by atoms with Crippen molar-refractivity contribution in [1.82, 2.24) is 9.97 Å². The molecule has 0 unspecified atom stereocenters. The monoisotopic (exact) mass is 499 g/mol. The van der Waals surface area contributed by atoms with Gasteiger partial charge in [0, 0.05) is 30.0 Å². The Morgan fingerprint density at radius 3 is 2.60 bits per heavy atom. The van der Waals surface area contributed by atoms with Gasteiger partial charge in [-0.15, -0.1) is 0 Å². The minimum absolute atomic E-state index is 0.0248. The standard InChI is InChI=1S/C24H25N3O7S/c1-35(29,30)23-5-2-17(11-25-23)33-19-8-15(9-20(10-19)34-18-6-7-31-14-18)21-3-4-22(27-21)24-26-16(12-28)13-32-24/h2-5,8-11,16,18,27-28H,6-7,12-14H2,1H3/t16-,18+/m1/s1. The number of ether oxygens (including phenoxy) is 4. The van der Waals surface area contributed by atoms with Gasteiger partial charge < -0.3 is 29.0 Å². The van der Waals surface area contributed by atoms with Crippen LogP contribution in [0.4, 0.5) is 0 Å². The summed E-state index contributed by atoms with van der Waals surface area (Å²) in [5.41, 5.74) is 2.30. The number of aliphatic hydroxyl groups is 1. The molecule has 2 aliphatic rings. The van der Waals surface area contributed by atoms with Crippen LogP contribution in [0.25, 0.3) is 11.3 Å². The molecule has 4 heterocycles. The van der Waals surface area contributed by atoms with E-state index in [9.17, 15) is 13.5 Å². The average Bonchev–Trinajstić information content (AvgIpc) is 3.60. The molecule has 1 aromatic carbocycles. The number of pyridine rings is 1. The van der Waals surface area contributed by atoms with Crippen molar-refractivity contribution in [3.63, 3.8) is 0 Å². The highest BCUT2D eigenvalue weighted by atomic mass is 32.2. The van der Waals surface area contributed by atoms with Gasteiger partial charge in [0.2, 0.25) is 5.90 Å². The highest BCUT2D eigenvalue weighted by molar-refractivity contribution is 7.90. The van der Waals surface area contributed by atoms with Crippen molar-refractivity contribution in [2.75, 3.05) is 32.7 Å². The minimum Gasteiger partial charge on any atom is -0.488 e. The Bertz CT molecular complexity index is 1330. The number of hydrogen-bond donors (Lipinski definition) is 2. The van der Waals surface area contributed by atoms with Crippen molar-refractivity contribution in [1.29, 1.82) is 0 Å². The van der Waals surface area contributed by atoms with Gasteiger partial charge in [-0.1, -0.05) is 0 Å². The molecule has 10 nitrogen and oxygen atoms in total. The zero-order valence-corrected chi connectivity index (χ0v) is 19.8. The summed E-state index contributed by atoms with van der Waals surface area (Å²) in [6.07, 6.45) is 3.22. The van der Waals surface area contributed by atoms with Crippen molar-refractivity contribution >= 4 is 15.7 Å². The Kier molecular flexibility index (Phi) is 6.46. The molecule has 0 spiro atoms. The molecular weight excluding hydrogens is 474 g/mol. The third kappa shape index (κ3) is 5.47. The Labute approximate surface area is 202 Å². The van der Waals surface area contributed by atoms with Gasteiger partial charge in [0.05, 0.1) is 26.0 Å². The highest BCUT2D eigenvalue weighted by Crippen LogP contribution is 2.33. The van der Waals surface area contributed by atoms with E-state index in [1.807, 2.05) is 24.3 Å². The molecule has 5 rings (SSSR count). The fourth-order valence-electron chi connectivity index (χ4n) is 3.78. The molecule has 35 heavy (non-hydrogen) atoms. The molecule has 0 amide bonds. The van der Waals surface area contributed by atoms with Crippen LogP contribution in [0.2, 0.25) is 0 Å². The summed E-state index contributed by atoms with van der Waals surface area (Å²) in [4.78, 5) is 11.6. The van der Waals surface area contributed by atoms with Crippen molar-refractivity contribution in [2.45, 2.75) is 23.6 Å². The molecule has 0 aliphatic carbocycles. The summed E-state index contributed by atoms with van der Waals surface area (Å²) in [7, 11) is -3.40. The van der Waals surface area contributed by atoms with E-state index in [0.29, 0.717) is 48.7 Å². The van der Waals surface area contributed by atoms with Crippen LogP contribution < -0.4 is 9.47 Å². The number of aromatic nitrogens is 2. The molecule has 2 N–H and O–H groups in total. The minimum atomic E-state index is -3.40. The number of aromatic amines is 1. The smallest absolute Gasteiger partial charge is 0.233 e. The first-order chi connectivity index (χ1) is 16.9. The Balaban J connectivity index is 1.44. The van der Waals surface area contributed by atoms with Crippen LogP contribution in [0.3, 0.4) is 0 Å². The average molecular weight is 500 g/mol. The van der Waals surface area contributed by atoms with E-state index in [1.54, 1.807) is 12.1 Å². The topological polar surface area (TPSA) is 132 Å². The summed E-state index contributed by atoms with van der Waals surface area (Å²) < 4.78 is 46.5. The number of H-pyrrole nitrogens is 1. The van der Waals surface area contributed by atoms with Crippen LogP contribution >= 0.6 is 0 Å². The number of benzene rings is 1. The van der Waals surface area contributed by atoms with Crippen molar-refractivity contribution in [3.8, 4) is 28.5 Å². The van der Waals surface area contributed by atoms with Crippen LogP contribution in [0.1, 0.15) is 12.1 Å². The lowest BCUT2D eigenvalue weighted by Crippen LogP contribution is -2.15. The molecule has 2 aliphatic heterocycles. The molecular formula is C24H25N3O7S. The first kappa shape index (κ1) is 23.3. The molecule has 2 aromatic heterocycles. The molecule has 184 valence electrons. The molecule has 0 radical (unpaired) electrons. The van der Waals surface area contributed by atoms with E-state index >= 15 is 0 Å². The van der Waals surface area contributed by atoms with Gasteiger partial charge in [0.15, 0.2) is 14.9 Å². The quantitative estimate of drug-likeness (QED) is 0.483. The highest BCUT2D eigenvalue weighted by Gasteiger charge is 2.22. The second-order valence-electron chi connectivity index (χ2n) is 8.37. The van der Waals surface area contributed by atoms with Gasteiger partial charge >= 0.3 is 0 Å². The molecule has 2 atom stereocenters. The second-order valence-corrected chi connectivity index (χ2v) is 10.3. The number of hydrogen-bond acceptors (Lipinski definition) is 9. The van der Waals surface area contributed by atoms with Crippen molar-refractivity contribution in [2.24, 2.45) is 4.99 Å². The zero-order valence-electron chi connectivity index (χ0n) is 19.0. The lowest BCUT2D eigenvalue weighted by atomic mass is 10.1. The van der Waals surface area contributed by atoms with Crippen molar-refractivity contribution in [3.05, 3.63) is 54.4 Å². The fraction of sp³-hybridized carbons (Fsp3) is 0.333. The molecule has 3 aromatic rings. The van der Waals surface area contributed by atoms with Crippen LogP contribution in [-0.4, -0.2) is 74.2 Å². The fourth-order valence-corrected chi connectivity index (χ4v) is 4.34. The van der Waals surface area contributed by atoms with Crippen LogP contribution in [-0.2, 0) is 19.3 Å². The number of aliphatic imine (C=N–C) groups is 1. The summed E-state index contributed by atoms with van der Waals surface area (Å²) in [5, 5.41) is 9.28. The lowest BCUT2D eigenvalue weighted by molar-refractivity contribution is 0.141. The van der Waals surface area contributed by atoms with Gasteiger partial charge in [-0.25, -0.2) is 18.4 Å². The molecule has 1 fully saturated rings. The predicted molar refractivity (Wildman–Crippen MR) is 127 cm³/mol. The zero-order chi connectivity index (χ0) is 24.4. The van der Waals surface area contributed by atoms with E-state index in [1.165, 1.54) is 12.3 Å². The number of sulfone groups is 1. The predicted octanol–water partition coefficient (Wildman–Crippen LogP) is 2.58. The van der Waals surface area contributed by atoms with Gasteiger partial charge in [-0.3, -0.25) is 0 Å². The Morgan fingerprint density at radius 1 is 1.09 bits per heavy atom. The SMILES string of the molecule is CS(=O)(=O)c1ccc(Oc2cc(O[C@H]3CCOC3)cc(-c3ccc(C4=N[C@H](CO)CO4)[nH]3)c2)cn1. The van der Waals surface area contributed by atoms with E-state index in [0.717, 1.165) is 23.9 Å². The van der Waals surface area contributed by atoms with Gasteiger partial charge in [0.1, 0.15) is 41.7 Å². The third-order valence-electron chi connectivity index (χ3n) is 5.55. The maximum Gasteiger partial charge on any atom is 0.233 e. The number of nitrogens with one attached hydrogen (secondary N) is 1. The van der Waals surface area contributed by atoms with E-state index < -0.39 is 9.84 Å². The van der Waals surface area contributed by atoms with Crippen LogP contribution in [0.5, 0.6) is 17.2 Å². The summed E-state index contributed by atoms with van der Waals surface area (Å²) in [6, 6.07) is 12.0.